The van der Waals surface area contributed by atoms with E-state index in [1.807, 2.05) is 0 Å². The summed E-state index contributed by atoms with van der Waals surface area (Å²) in [5, 5.41) is 10.1. The summed E-state index contributed by atoms with van der Waals surface area (Å²) in [4.78, 5) is 0. The fraction of sp³-hybridized carbons (Fsp3) is 0.200. The maximum Gasteiger partial charge on any atom is 0.263 e. The van der Waals surface area contributed by atoms with Crippen LogP contribution in [-0.2, 0) is 0 Å². The second-order valence-electron chi connectivity index (χ2n) is 4.23. The summed E-state index contributed by atoms with van der Waals surface area (Å²) < 4.78 is 43.7. The van der Waals surface area contributed by atoms with Gasteiger partial charge in [0.1, 0.15) is 6.10 Å². The van der Waals surface area contributed by atoms with Gasteiger partial charge in [0, 0.05) is 11.1 Å². The molecular weight excluding hydrogens is 269 g/mol. The van der Waals surface area contributed by atoms with E-state index >= 15 is 0 Å². The highest BCUT2D eigenvalue weighted by Gasteiger charge is 2.18. The lowest BCUT2D eigenvalue weighted by Gasteiger charge is -2.14. The van der Waals surface area contributed by atoms with Gasteiger partial charge in [0.15, 0.2) is 11.6 Å². The van der Waals surface area contributed by atoms with Crippen LogP contribution < -0.4 is 4.74 Å². The first-order valence-electron chi connectivity index (χ1n) is 5.93. The van der Waals surface area contributed by atoms with Gasteiger partial charge in [-0.1, -0.05) is 36.4 Å². The average Bonchev–Trinajstić information content (AvgIpc) is 2.47. The predicted molar refractivity (Wildman–Crippen MR) is 68.4 cm³/mol. The fourth-order valence-electron chi connectivity index (χ4n) is 1.90. The number of rotatable bonds is 4. The lowest BCUT2D eigenvalue weighted by Crippen LogP contribution is -2.04. The Kier molecular flexibility index (Phi) is 4.29. The van der Waals surface area contributed by atoms with Gasteiger partial charge in [0.2, 0.25) is 0 Å². The van der Waals surface area contributed by atoms with Crippen molar-refractivity contribution in [2.24, 2.45) is 0 Å². The van der Waals surface area contributed by atoms with Gasteiger partial charge < -0.3 is 9.84 Å². The third-order valence-corrected chi connectivity index (χ3v) is 3.01. The van der Waals surface area contributed by atoms with Gasteiger partial charge in [-0.2, -0.15) is 0 Å². The van der Waals surface area contributed by atoms with E-state index in [-0.39, 0.29) is 16.9 Å². The number of hydrogen-bond donors (Lipinski definition) is 1. The van der Waals surface area contributed by atoms with Gasteiger partial charge in [-0.25, -0.2) is 13.2 Å². The van der Waals surface area contributed by atoms with Crippen molar-refractivity contribution in [3.05, 3.63) is 65.0 Å². The molecule has 0 radical (unpaired) electrons. The summed E-state index contributed by atoms with van der Waals surface area (Å²) in [6.07, 6.45) is -3.81. The number of aliphatic hydroxyl groups is 1. The van der Waals surface area contributed by atoms with Gasteiger partial charge in [-0.3, -0.25) is 0 Å². The van der Waals surface area contributed by atoms with Crippen molar-refractivity contribution in [1.82, 2.24) is 0 Å². The number of alkyl halides is 2. The first-order valence-corrected chi connectivity index (χ1v) is 5.93. The van der Waals surface area contributed by atoms with Crippen LogP contribution in [-0.4, -0.2) is 12.2 Å². The lowest BCUT2D eigenvalue weighted by atomic mass is 9.99. The zero-order chi connectivity index (χ0) is 14.7. The molecule has 0 fully saturated rings. The third-order valence-electron chi connectivity index (χ3n) is 3.01. The average molecular weight is 282 g/mol. The molecular formula is C15H13F3O2. The van der Waals surface area contributed by atoms with Crippen LogP contribution in [0.2, 0.25) is 0 Å². The Labute approximate surface area is 114 Å². The molecule has 0 bridgehead atoms. The first-order chi connectivity index (χ1) is 9.54. The van der Waals surface area contributed by atoms with Crippen LogP contribution in [0.3, 0.4) is 0 Å². The second kappa shape index (κ2) is 5.96. The minimum atomic E-state index is -2.57. The zero-order valence-electron chi connectivity index (χ0n) is 10.7. The maximum atomic E-state index is 14.0. The summed E-state index contributed by atoms with van der Waals surface area (Å²) in [6, 6.07) is 9.53. The molecule has 1 N–H and O–H groups in total. The minimum absolute atomic E-state index is 0.0192. The van der Waals surface area contributed by atoms with E-state index < -0.39 is 18.3 Å². The smallest absolute Gasteiger partial charge is 0.263 e. The molecule has 2 aromatic rings. The standard InChI is InChI=1S/C15H13F3O2/c1-20-12-4-2-3-11(13(12)16)14(19)9-5-7-10(8-6-9)15(17)18/h2-8,14-15,19H,1H3. The highest BCUT2D eigenvalue weighted by molar-refractivity contribution is 5.38. The Bertz CT molecular complexity index is 582. The van der Waals surface area contributed by atoms with Gasteiger partial charge >= 0.3 is 0 Å². The Hall–Kier alpha value is -2.01. The second-order valence-corrected chi connectivity index (χ2v) is 4.23. The van der Waals surface area contributed by atoms with Gasteiger partial charge in [0.25, 0.3) is 6.43 Å². The Balaban J connectivity index is 2.33. The molecule has 0 saturated heterocycles. The van der Waals surface area contributed by atoms with E-state index in [1.165, 1.54) is 43.5 Å². The van der Waals surface area contributed by atoms with Crippen molar-refractivity contribution in [2.45, 2.75) is 12.5 Å². The summed E-state index contributed by atoms with van der Waals surface area (Å²) in [6.45, 7) is 0. The topological polar surface area (TPSA) is 29.5 Å². The van der Waals surface area contributed by atoms with Crippen molar-refractivity contribution in [3.63, 3.8) is 0 Å². The van der Waals surface area contributed by atoms with Crippen LogP contribution in [0.5, 0.6) is 5.75 Å². The molecule has 0 saturated carbocycles. The van der Waals surface area contributed by atoms with Crippen LogP contribution in [0.15, 0.2) is 42.5 Å². The number of aliphatic hydroxyl groups excluding tert-OH is 1. The molecule has 0 aliphatic rings. The van der Waals surface area contributed by atoms with Crippen molar-refractivity contribution in [2.75, 3.05) is 7.11 Å². The molecule has 0 aromatic heterocycles. The molecule has 1 atom stereocenters. The molecule has 106 valence electrons. The maximum absolute atomic E-state index is 14.0. The number of ether oxygens (including phenoxy) is 1. The number of hydrogen-bond acceptors (Lipinski definition) is 2. The lowest BCUT2D eigenvalue weighted by molar-refractivity contribution is 0.151. The SMILES string of the molecule is COc1cccc(C(O)c2ccc(C(F)F)cc2)c1F. The Morgan fingerprint density at radius 1 is 1.00 bits per heavy atom. The number of halogens is 3. The molecule has 2 rings (SSSR count). The first kappa shape index (κ1) is 14.4. The molecule has 5 heteroatoms. The number of methoxy groups -OCH3 is 1. The molecule has 0 aliphatic heterocycles. The summed E-state index contributed by atoms with van der Waals surface area (Å²) in [5.74, 6) is -0.647. The fourth-order valence-corrected chi connectivity index (χ4v) is 1.90. The minimum Gasteiger partial charge on any atom is -0.494 e. The Morgan fingerprint density at radius 3 is 2.15 bits per heavy atom. The molecule has 2 nitrogen and oxygen atoms in total. The molecule has 0 spiro atoms. The van der Waals surface area contributed by atoms with Gasteiger partial charge in [-0.15, -0.1) is 0 Å². The van der Waals surface area contributed by atoms with E-state index in [2.05, 4.69) is 0 Å². The van der Waals surface area contributed by atoms with Gasteiger partial charge in [0.05, 0.1) is 7.11 Å². The summed E-state index contributed by atoms with van der Waals surface area (Å²) in [7, 11) is 1.33. The molecule has 0 heterocycles. The van der Waals surface area contributed by atoms with E-state index in [0.29, 0.717) is 5.56 Å². The third kappa shape index (κ3) is 2.77. The largest absolute Gasteiger partial charge is 0.494 e. The predicted octanol–water partition coefficient (Wildman–Crippen LogP) is 3.85. The van der Waals surface area contributed by atoms with Crippen LogP contribution in [0, 0.1) is 5.82 Å². The zero-order valence-corrected chi connectivity index (χ0v) is 10.7. The van der Waals surface area contributed by atoms with Crippen molar-refractivity contribution in [1.29, 1.82) is 0 Å². The normalized spacial score (nSPS) is 12.5. The van der Waals surface area contributed by atoms with Crippen LogP contribution >= 0.6 is 0 Å². The molecule has 0 amide bonds. The van der Waals surface area contributed by atoms with Crippen LogP contribution in [0.25, 0.3) is 0 Å². The van der Waals surface area contributed by atoms with Crippen LogP contribution in [0.1, 0.15) is 29.2 Å². The van der Waals surface area contributed by atoms with E-state index in [0.717, 1.165) is 0 Å². The number of benzene rings is 2. The molecule has 1 unspecified atom stereocenters. The quantitative estimate of drug-likeness (QED) is 0.922. The highest BCUT2D eigenvalue weighted by atomic mass is 19.3. The van der Waals surface area contributed by atoms with E-state index in [4.69, 9.17) is 4.74 Å². The Morgan fingerprint density at radius 2 is 1.60 bits per heavy atom. The van der Waals surface area contributed by atoms with Crippen molar-refractivity contribution < 1.29 is 23.0 Å². The monoisotopic (exact) mass is 282 g/mol. The molecule has 0 aliphatic carbocycles. The summed E-state index contributed by atoms with van der Waals surface area (Å²) >= 11 is 0. The van der Waals surface area contributed by atoms with Crippen LogP contribution in [0.4, 0.5) is 13.2 Å². The van der Waals surface area contributed by atoms with E-state index in [1.54, 1.807) is 6.07 Å². The van der Waals surface area contributed by atoms with Gasteiger partial charge in [-0.05, 0) is 11.6 Å². The van der Waals surface area contributed by atoms with E-state index in [9.17, 15) is 18.3 Å². The molecule has 20 heavy (non-hydrogen) atoms. The van der Waals surface area contributed by atoms with Crippen molar-refractivity contribution in [3.8, 4) is 5.75 Å². The summed E-state index contributed by atoms with van der Waals surface area (Å²) in [5.41, 5.74) is 0.225. The highest BCUT2D eigenvalue weighted by Crippen LogP contribution is 2.30. The molecule has 2 aromatic carbocycles. The van der Waals surface area contributed by atoms with Crippen molar-refractivity contribution >= 4 is 0 Å².